The summed E-state index contributed by atoms with van der Waals surface area (Å²) in [7, 11) is 1.56. The Labute approximate surface area is 112 Å². The lowest BCUT2D eigenvalue weighted by Gasteiger charge is -2.09. The maximum absolute atomic E-state index is 9.48. The van der Waals surface area contributed by atoms with Crippen LogP contribution in [0.2, 0.25) is 0 Å². The molecule has 0 aliphatic heterocycles. The number of oxazole rings is 1. The summed E-state index contributed by atoms with van der Waals surface area (Å²) in [6.07, 6.45) is 1.11. The lowest BCUT2D eigenvalue weighted by Crippen LogP contribution is -2.29. The minimum atomic E-state index is -0.509. The lowest BCUT2D eigenvalue weighted by atomic mass is 10.2. The Morgan fingerprint density at radius 3 is 2.89 bits per heavy atom. The highest BCUT2D eigenvalue weighted by molar-refractivity contribution is 5.52. The van der Waals surface area contributed by atoms with Crippen LogP contribution in [-0.2, 0) is 11.3 Å². The van der Waals surface area contributed by atoms with Crippen LogP contribution in [0.5, 0.6) is 0 Å². The van der Waals surface area contributed by atoms with Gasteiger partial charge in [-0.05, 0) is 12.1 Å². The molecule has 1 aromatic carbocycles. The van der Waals surface area contributed by atoms with Gasteiger partial charge in [0.25, 0.3) is 0 Å². The SMILES string of the molecule is COCC(O)CNCc1coc(-c2ccccc2)n1. The number of ether oxygens (including phenoxy) is 1. The summed E-state index contributed by atoms with van der Waals surface area (Å²) in [5.41, 5.74) is 1.76. The van der Waals surface area contributed by atoms with E-state index in [4.69, 9.17) is 9.15 Å². The quantitative estimate of drug-likeness (QED) is 0.790. The zero-order valence-electron chi connectivity index (χ0n) is 10.9. The van der Waals surface area contributed by atoms with Gasteiger partial charge in [-0.1, -0.05) is 18.2 Å². The summed E-state index contributed by atoms with van der Waals surface area (Å²) in [6, 6.07) is 9.74. The van der Waals surface area contributed by atoms with Gasteiger partial charge in [-0.3, -0.25) is 0 Å². The summed E-state index contributed by atoms with van der Waals surface area (Å²) in [4.78, 5) is 4.38. The average molecular weight is 262 g/mol. The van der Waals surface area contributed by atoms with E-state index < -0.39 is 6.10 Å². The standard InChI is InChI=1S/C14H18N2O3/c1-18-10-13(17)8-15-7-12-9-19-14(16-12)11-5-3-2-4-6-11/h2-6,9,13,15,17H,7-8,10H2,1H3. The molecule has 0 aliphatic carbocycles. The number of rotatable bonds is 7. The molecule has 1 heterocycles. The van der Waals surface area contributed by atoms with E-state index in [1.807, 2.05) is 30.3 Å². The van der Waals surface area contributed by atoms with E-state index in [0.29, 0.717) is 25.6 Å². The maximum Gasteiger partial charge on any atom is 0.226 e. The number of nitrogens with one attached hydrogen (secondary N) is 1. The highest BCUT2D eigenvalue weighted by Crippen LogP contribution is 2.17. The van der Waals surface area contributed by atoms with Crippen molar-refractivity contribution in [1.82, 2.24) is 10.3 Å². The molecule has 0 saturated carbocycles. The van der Waals surface area contributed by atoms with Crippen molar-refractivity contribution in [2.24, 2.45) is 0 Å². The van der Waals surface area contributed by atoms with Crippen LogP contribution in [0.25, 0.3) is 11.5 Å². The van der Waals surface area contributed by atoms with Crippen LogP contribution in [0.4, 0.5) is 0 Å². The Balaban J connectivity index is 1.85. The van der Waals surface area contributed by atoms with Crippen LogP contribution in [0, 0.1) is 0 Å². The third kappa shape index (κ3) is 4.17. The second kappa shape index (κ2) is 7.04. The predicted octanol–water partition coefficient (Wildman–Crippen LogP) is 1.44. The smallest absolute Gasteiger partial charge is 0.226 e. The summed E-state index contributed by atoms with van der Waals surface area (Å²) in [5, 5.41) is 12.6. The van der Waals surface area contributed by atoms with Crippen molar-refractivity contribution in [1.29, 1.82) is 0 Å². The number of aromatic nitrogens is 1. The molecule has 0 aliphatic rings. The highest BCUT2D eigenvalue weighted by Gasteiger charge is 2.07. The normalized spacial score (nSPS) is 12.5. The molecule has 1 unspecified atom stereocenters. The van der Waals surface area contributed by atoms with Crippen LogP contribution in [0.1, 0.15) is 5.69 Å². The minimum absolute atomic E-state index is 0.321. The second-order valence-electron chi connectivity index (χ2n) is 4.25. The molecular weight excluding hydrogens is 244 g/mol. The molecule has 102 valence electrons. The van der Waals surface area contributed by atoms with Crippen LogP contribution in [0.3, 0.4) is 0 Å². The molecule has 1 atom stereocenters. The van der Waals surface area contributed by atoms with Gasteiger partial charge in [0.15, 0.2) is 0 Å². The summed E-state index contributed by atoms with van der Waals surface area (Å²) in [5.74, 6) is 0.606. The van der Waals surface area contributed by atoms with Gasteiger partial charge in [0.05, 0.1) is 18.4 Å². The second-order valence-corrected chi connectivity index (χ2v) is 4.25. The first-order valence-electron chi connectivity index (χ1n) is 6.17. The summed E-state index contributed by atoms with van der Waals surface area (Å²) < 4.78 is 10.3. The van der Waals surface area contributed by atoms with Gasteiger partial charge in [-0.25, -0.2) is 4.98 Å². The van der Waals surface area contributed by atoms with E-state index in [1.165, 1.54) is 0 Å². The van der Waals surface area contributed by atoms with Gasteiger partial charge in [0.1, 0.15) is 6.26 Å². The molecule has 19 heavy (non-hydrogen) atoms. The van der Waals surface area contributed by atoms with Crippen LogP contribution in [0.15, 0.2) is 41.0 Å². The Morgan fingerprint density at radius 1 is 1.37 bits per heavy atom. The number of benzene rings is 1. The molecule has 0 bridgehead atoms. The largest absolute Gasteiger partial charge is 0.444 e. The van der Waals surface area contributed by atoms with Gasteiger partial charge in [-0.2, -0.15) is 0 Å². The molecule has 5 nitrogen and oxygen atoms in total. The molecule has 2 aromatic rings. The van der Waals surface area contributed by atoms with Crippen molar-refractivity contribution in [2.45, 2.75) is 12.6 Å². The molecule has 2 N–H and O–H groups in total. The minimum Gasteiger partial charge on any atom is -0.444 e. The molecule has 2 rings (SSSR count). The zero-order valence-corrected chi connectivity index (χ0v) is 10.9. The lowest BCUT2D eigenvalue weighted by molar-refractivity contribution is 0.0643. The number of hydrogen-bond donors (Lipinski definition) is 2. The first kappa shape index (κ1) is 13.7. The third-order valence-electron chi connectivity index (χ3n) is 2.62. The van der Waals surface area contributed by atoms with Gasteiger partial charge < -0.3 is 19.6 Å². The number of nitrogens with zero attached hydrogens (tertiary/aromatic N) is 1. The number of aliphatic hydroxyl groups is 1. The van der Waals surface area contributed by atoms with Crippen LogP contribution in [-0.4, -0.2) is 36.5 Å². The van der Waals surface area contributed by atoms with Crippen molar-refractivity contribution in [3.63, 3.8) is 0 Å². The zero-order chi connectivity index (χ0) is 13.5. The summed E-state index contributed by atoms with van der Waals surface area (Å²) >= 11 is 0. The van der Waals surface area contributed by atoms with Crippen molar-refractivity contribution in [3.05, 3.63) is 42.3 Å². The van der Waals surface area contributed by atoms with Crippen molar-refractivity contribution in [3.8, 4) is 11.5 Å². The summed E-state index contributed by atoms with van der Waals surface area (Å²) in [6.45, 7) is 1.33. The van der Waals surface area contributed by atoms with E-state index >= 15 is 0 Å². The van der Waals surface area contributed by atoms with Crippen LogP contribution >= 0.6 is 0 Å². The van der Waals surface area contributed by atoms with Crippen molar-refractivity contribution < 1.29 is 14.3 Å². The Kier molecular flexibility index (Phi) is 5.09. The topological polar surface area (TPSA) is 67.5 Å². The molecule has 0 spiro atoms. The van der Waals surface area contributed by atoms with Crippen LogP contribution < -0.4 is 5.32 Å². The molecular formula is C14H18N2O3. The fourth-order valence-electron chi connectivity index (χ4n) is 1.72. The van der Waals surface area contributed by atoms with Gasteiger partial charge in [-0.15, -0.1) is 0 Å². The maximum atomic E-state index is 9.48. The number of hydrogen-bond acceptors (Lipinski definition) is 5. The van der Waals surface area contributed by atoms with E-state index in [2.05, 4.69) is 10.3 Å². The first-order valence-corrected chi connectivity index (χ1v) is 6.17. The predicted molar refractivity (Wildman–Crippen MR) is 71.5 cm³/mol. The monoisotopic (exact) mass is 262 g/mol. The highest BCUT2D eigenvalue weighted by atomic mass is 16.5. The molecule has 0 amide bonds. The van der Waals surface area contributed by atoms with E-state index in [-0.39, 0.29) is 0 Å². The van der Waals surface area contributed by atoms with Gasteiger partial charge >= 0.3 is 0 Å². The third-order valence-corrected chi connectivity index (χ3v) is 2.62. The fourth-order valence-corrected chi connectivity index (χ4v) is 1.72. The Morgan fingerprint density at radius 2 is 2.16 bits per heavy atom. The fraction of sp³-hybridized carbons (Fsp3) is 0.357. The first-order chi connectivity index (χ1) is 9.29. The van der Waals surface area contributed by atoms with E-state index in [9.17, 15) is 5.11 Å². The molecule has 1 aromatic heterocycles. The molecule has 0 radical (unpaired) electrons. The molecule has 0 fully saturated rings. The molecule has 0 saturated heterocycles. The van der Waals surface area contributed by atoms with Crippen molar-refractivity contribution in [2.75, 3.05) is 20.3 Å². The Hall–Kier alpha value is -1.69. The van der Waals surface area contributed by atoms with Gasteiger partial charge in [0.2, 0.25) is 5.89 Å². The number of aliphatic hydroxyl groups excluding tert-OH is 1. The van der Waals surface area contributed by atoms with Crippen molar-refractivity contribution >= 4 is 0 Å². The van der Waals surface area contributed by atoms with E-state index in [1.54, 1.807) is 13.4 Å². The Bertz CT molecular complexity index is 484. The number of methoxy groups -OCH3 is 1. The van der Waals surface area contributed by atoms with E-state index in [0.717, 1.165) is 11.3 Å². The van der Waals surface area contributed by atoms with Gasteiger partial charge in [0, 0.05) is 25.8 Å². The average Bonchev–Trinajstić information content (AvgIpc) is 2.89. The molecule has 5 heteroatoms.